The van der Waals surface area contributed by atoms with Crippen LogP contribution in [0.1, 0.15) is 29.6 Å². The monoisotopic (exact) mass is 261 g/mol. The van der Waals surface area contributed by atoms with Crippen molar-refractivity contribution in [2.45, 2.75) is 19.3 Å². The highest BCUT2D eigenvalue weighted by molar-refractivity contribution is 5.97. The van der Waals surface area contributed by atoms with E-state index in [1.165, 1.54) is 13.2 Å². The fourth-order valence-corrected chi connectivity index (χ4v) is 2.20. The standard InChI is InChI=1S/C15H19NO3/c1-19-12-7-8-13(14(17)9-12)15(18)16-10-11-5-3-2-4-6-11/h2-3,7-9,11,17H,4-6,10H2,1H3,(H,16,18). The lowest BCUT2D eigenvalue weighted by Gasteiger charge is -2.18. The molecule has 1 unspecified atom stereocenters. The van der Waals surface area contributed by atoms with Crippen LogP contribution in [0.3, 0.4) is 0 Å². The largest absolute Gasteiger partial charge is 0.507 e. The van der Waals surface area contributed by atoms with E-state index in [2.05, 4.69) is 17.5 Å². The Morgan fingerprint density at radius 3 is 2.95 bits per heavy atom. The van der Waals surface area contributed by atoms with Crippen molar-refractivity contribution in [1.82, 2.24) is 5.32 Å². The number of hydrogen-bond donors (Lipinski definition) is 2. The molecule has 4 nitrogen and oxygen atoms in total. The molecule has 0 aliphatic heterocycles. The first-order chi connectivity index (χ1) is 9.20. The second kappa shape index (κ2) is 6.27. The lowest BCUT2D eigenvalue weighted by molar-refractivity contribution is 0.0943. The molecule has 1 amide bonds. The van der Waals surface area contributed by atoms with E-state index in [1.54, 1.807) is 12.1 Å². The van der Waals surface area contributed by atoms with E-state index in [4.69, 9.17) is 4.74 Å². The van der Waals surface area contributed by atoms with Crippen molar-refractivity contribution in [3.63, 3.8) is 0 Å². The van der Waals surface area contributed by atoms with E-state index < -0.39 is 0 Å². The number of rotatable bonds is 4. The van der Waals surface area contributed by atoms with Gasteiger partial charge in [0.15, 0.2) is 0 Å². The number of benzene rings is 1. The molecular formula is C15H19NO3. The zero-order chi connectivity index (χ0) is 13.7. The highest BCUT2D eigenvalue weighted by Crippen LogP contribution is 2.23. The normalized spacial score (nSPS) is 18.1. The van der Waals surface area contributed by atoms with E-state index in [0.717, 1.165) is 19.3 Å². The average molecular weight is 261 g/mol. The van der Waals surface area contributed by atoms with Gasteiger partial charge in [0, 0.05) is 12.6 Å². The smallest absolute Gasteiger partial charge is 0.255 e. The van der Waals surface area contributed by atoms with Crippen LogP contribution in [0.15, 0.2) is 30.4 Å². The molecule has 0 spiro atoms. The molecule has 2 N–H and O–H groups in total. The first-order valence-corrected chi connectivity index (χ1v) is 6.51. The molecule has 0 fully saturated rings. The first kappa shape index (κ1) is 13.5. The van der Waals surface area contributed by atoms with Gasteiger partial charge in [-0.1, -0.05) is 12.2 Å². The van der Waals surface area contributed by atoms with Crippen LogP contribution < -0.4 is 10.1 Å². The molecule has 0 radical (unpaired) electrons. The van der Waals surface area contributed by atoms with Gasteiger partial charge in [0.25, 0.3) is 5.91 Å². The number of allylic oxidation sites excluding steroid dienone is 2. The second-order valence-corrected chi connectivity index (χ2v) is 4.74. The maximum absolute atomic E-state index is 12.0. The van der Waals surface area contributed by atoms with Gasteiger partial charge in [0.1, 0.15) is 11.5 Å². The summed E-state index contributed by atoms with van der Waals surface area (Å²) in [6, 6.07) is 4.68. The molecule has 1 aliphatic carbocycles. The Morgan fingerprint density at radius 1 is 1.47 bits per heavy atom. The van der Waals surface area contributed by atoms with Crippen LogP contribution >= 0.6 is 0 Å². The minimum absolute atomic E-state index is 0.0552. The predicted molar refractivity (Wildman–Crippen MR) is 73.5 cm³/mol. The SMILES string of the molecule is COc1ccc(C(=O)NCC2CC=CCC2)c(O)c1. The third-order valence-electron chi connectivity index (χ3n) is 3.38. The molecule has 0 bridgehead atoms. The summed E-state index contributed by atoms with van der Waals surface area (Å²) >= 11 is 0. The number of ether oxygens (including phenoxy) is 1. The van der Waals surface area contributed by atoms with Crippen LogP contribution in [0, 0.1) is 5.92 Å². The summed E-state index contributed by atoms with van der Waals surface area (Å²) in [4.78, 5) is 12.0. The van der Waals surface area contributed by atoms with Crippen molar-refractivity contribution < 1.29 is 14.6 Å². The first-order valence-electron chi connectivity index (χ1n) is 6.51. The number of carbonyl (C=O) groups excluding carboxylic acids is 1. The summed E-state index contributed by atoms with van der Waals surface area (Å²) in [5, 5.41) is 12.7. The van der Waals surface area contributed by atoms with Crippen molar-refractivity contribution in [2.75, 3.05) is 13.7 Å². The Labute approximate surface area is 113 Å². The number of hydrogen-bond acceptors (Lipinski definition) is 3. The van der Waals surface area contributed by atoms with Crippen LogP contribution in [0.4, 0.5) is 0 Å². The van der Waals surface area contributed by atoms with Gasteiger partial charge in [0.2, 0.25) is 0 Å². The second-order valence-electron chi connectivity index (χ2n) is 4.74. The zero-order valence-corrected chi connectivity index (χ0v) is 11.1. The summed E-state index contributed by atoms with van der Waals surface area (Å²) < 4.78 is 4.99. The minimum atomic E-state index is -0.241. The van der Waals surface area contributed by atoms with E-state index >= 15 is 0 Å². The van der Waals surface area contributed by atoms with Crippen LogP contribution in [0.2, 0.25) is 0 Å². The van der Waals surface area contributed by atoms with Gasteiger partial charge < -0.3 is 15.2 Å². The Morgan fingerprint density at radius 2 is 2.32 bits per heavy atom. The maximum Gasteiger partial charge on any atom is 0.255 e. The average Bonchev–Trinajstić information content (AvgIpc) is 2.45. The summed E-state index contributed by atoms with van der Waals surface area (Å²) in [5.41, 5.74) is 0.284. The summed E-state index contributed by atoms with van der Waals surface area (Å²) in [6.45, 7) is 0.647. The van der Waals surface area contributed by atoms with E-state index in [0.29, 0.717) is 18.2 Å². The Bertz CT molecular complexity index is 482. The fourth-order valence-electron chi connectivity index (χ4n) is 2.20. The number of carbonyl (C=O) groups is 1. The number of phenols is 1. The molecule has 1 aromatic rings. The van der Waals surface area contributed by atoms with Crippen molar-refractivity contribution in [3.8, 4) is 11.5 Å². The number of nitrogens with one attached hydrogen (secondary N) is 1. The van der Waals surface area contributed by atoms with Crippen LogP contribution in [0.5, 0.6) is 11.5 Å². The molecule has 19 heavy (non-hydrogen) atoms. The topological polar surface area (TPSA) is 58.6 Å². The van der Waals surface area contributed by atoms with Crippen molar-refractivity contribution in [3.05, 3.63) is 35.9 Å². The van der Waals surface area contributed by atoms with Gasteiger partial charge in [-0.3, -0.25) is 4.79 Å². The number of aromatic hydroxyl groups is 1. The van der Waals surface area contributed by atoms with Gasteiger partial charge in [-0.05, 0) is 37.3 Å². The quantitative estimate of drug-likeness (QED) is 0.819. The molecule has 4 heteroatoms. The highest BCUT2D eigenvalue weighted by Gasteiger charge is 2.15. The summed E-state index contributed by atoms with van der Waals surface area (Å²) in [6.07, 6.45) is 7.52. The lowest BCUT2D eigenvalue weighted by Crippen LogP contribution is -2.29. The molecule has 1 atom stereocenters. The van der Waals surface area contributed by atoms with Gasteiger partial charge in [-0.15, -0.1) is 0 Å². The molecule has 102 valence electrons. The molecule has 0 aromatic heterocycles. The Hall–Kier alpha value is -1.97. The van der Waals surface area contributed by atoms with E-state index in [-0.39, 0.29) is 17.2 Å². The molecule has 0 saturated carbocycles. The third kappa shape index (κ3) is 3.50. The fraction of sp³-hybridized carbons (Fsp3) is 0.400. The van der Waals surface area contributed by atoms with Gasteiger partial charge in [-0.25, -0.2) is 0 Å². The molecule has 0 heterocycles. The van der Waals surface area contributed by atoms with E-state index in [9.17, 15) is 9.90 Å². The van der Waals surface area contributed by atoms with Crippen molar-refractivity contribution in [1.29, 1.82) is 0 Å². The van der Waals surface area contributed by atoms with Crippen LogP contribution in [0.25, 0.3) is 0 Å². The Balaban J connectivity index is 1.94. The molecule has 0 saturated heterocycles. The lowest BCUT2D eigenvalue weighted by atomic mass is 9.94. The Kier molecular flexibility index (Phi) is 4.44. The van der Waals surface area contributed by atoms with Crippen LogP contribution in [-0.2, 0) is 0 Å². The van der Waals surface area contributed by atoms with Crippen LogP contribution in [-0.4, -0.2) is 24.7 Å². The van der Waals surface area contributed by atoms with Gasteiger partial charge in [0.05, 0.1) is 12.7 Å². The summed E-state index contributed by atoms with van der Waals surface area (Å²) in [5.74, 6) is 0.732. The predicted octanol–water partition coefficient (Wildman–Crippen LogP) is 2.49. The number of methoxy groups -OCH3 is 1. The molecule has 1 aliphatic rings. The van der Waals surface area contributed by atoms with Gasteiger partial charge in [-0.2, -0.15) is 0 Å². The number of amides is 1. The van der Waals surface area contributed by atoms with Crippen molar-refractivity contribution >= 4 is 5.91 Å². The summed E-state index contributed by atoms with van der Waals surface area (Å²) in [7, 11) is 1.52. The highest BCUT2D eigenvalue weighted by atomic mass is 16.5. The minimum Gasteiger partial charge on any atom is -0.507 e. The molecular weight excluding hydrogens is 242 g/mol. The molecule has 1 aromatic carbocycles. The molecule has 2 rings (SSSR count). The zero-order valence-electron chi connectivity index (χ0n) is 11.1. The maximum atomic E-state index is 12.0. The number of phenolic OH excluding ortho intramolecular Hbond substituents is 1. The third-order valence-corrected chi connectivity index (χ3v) is 3.38. The van der Waals surface area contributed by atoms with E-state index in [1.807, 2.05) is 0 Å². The van der Waals surface area contributed by atoms with Gasteiger partial charge >= 0.3 is 0 Å². The van der Waals surface area contributed by atoms with Crippen molar-refractivity contribution in [2.24, 2.45) is 5.92 Å².